The van der Waals surface area contributed by atoms with Crippen LogP contribution in [-0.4, -0.2) is 25.0 Å². The summed E-state index contributed by atoms with van der Waals surface area (Å²) in [6.07, 6.45) is 0. The number of aromatic carboxylic acids is 1. The molecule has 0 spiro atoms. The van der Waals surface area contributed by atoms with Crippen molar-refractivity contribution < 1.29 is 23.8 Å². The molecule has 1 aromatic rings. The Morgan fingerprint density at radius 3 is 2.42 bits per heavy atom. The van der Waals surface area contributed by atoms with E-state index in [1.807, 2.05) is 20.8 Å². The SMILES string of the molecule is COCOc1c(C(C)(C)C)cc(F)c(C)c1C(=O)O. The molecule has 0 fully saturated rings. The van der Waals surface area contributed by atoms with E-state index in [4.69, 9.17) is 9.47 Å². The van der Waals surface area contributed by atoms with Crippen LogP contribution >= 0.6 is 0 Å². The molecule has 4 nitrogen and oxygen atoms in total. The zero-order valence-corrected chi connectivity index (χ0v) is 11.8. The van der Waals surface area contributed by atoms with Crippen molar-refractivity contribution in [3.8, 4) is 5.75 Å². The van der Waals surface area contributed by atoms with E-state index in [-0.39, 0.29) is 23.7 Å². The first-order valence-electron chi connectivity index (χ1n) is 5.88. The summed E-state index contributed by atoms with van der Waals surface area (Å²) in [5.74, 6) is -1.60. The van der Waals surface area contributed by atoms with Crippen LogP contribution in [0.25, 0.3) is 0 Å². The second kappa shape index (κ2) is 5.57. The Morgan fingerprint density at radius 2 is 2.00 bits per heavy atom. The smallest absolute Gasteiger partial charge is 0.339 e. The summed E-state index contributed by atoms with van der Waals surface area (Å²) < 4.78 is 24.1. The van der Waals surface area contributed by atoms with Crippen molar-refractivity contribution in [1.29, 1.82) is 0 Å². The van der Waals surface area contributed by atoms with E-state index in [0.29, 0.717) is 5.56 Å². The van der Waals surface area contributed by atoms with Gasteiger partial charge in [0.25, 0.3) is 0 Å². The number of carboxylic acids is 1. The average molecular weight is 270 g/mol. The van der Waals surface area contributed by atoms with Gasteiger partial charge >= 0.3 is 5.97 Å². The van der Waals surface area contributed by atoms with Gasteiger partial charge in [-0.05, 0) is 18.4 Å². The molecule has 0 atom stereocenters. The Labute approximate surface area is 112 Å². The van der Waals surface area contributed by atoms with Crippen molar-refractivity contribution >= 4 is 5.97 Å². The van der Waals surface area contributed by atoms with Crippen molar-refractivity contribution in [2.24, 2.45) is 0 Å². The van der Waals surface area contributed by atoms with E-state index in [9.17, 15) is 14.3 Å². The lowest BCUT2D eigenvalue weighted by Gasteiger charge is -2.25. The lowest BCUT2D eigenvalue weighted by molar-refractivity contribution is 0.0469. The molecule has 1 aromatic carbocycles. The normalized spacial score (nSPS) is 11.5. The third kappa shape index (κ3) is 3.23. The molecule has 0 unspecified atom stereocenters. The number of carbonyl (C=O) groups is 1. The molecule has 5 heteroatoms. The van der Waals surface area contributed by atoms with Crippen LogP contribution in [0.2, 0.25) is 0 Å². The molecule has 0 aliphatic rings. The van der Waals surface area contributed by atoms with Gasteiger partial charge in [-0.15, -0.1) is 0 Å². The zero-order chi connectivity index (χ0) is 14.8. The van der Waals surface area contributed by atoms with Gasteiger partial charge in [0.2, 0.25) is 0 Å². The first-order chi connectivity index (χ1) is 8.70. The van der Waals surface area contributed by atoms with E-state index >= 15 is 0 Å². The van der Waals surface area contributed by atoms with Gasteiger partial charge in [-0.3, -0.25) is 0 Å². The quantitative estimate of drug-likeness (QED) is 0.854. The molecule has 0 saturated carbocycles. The highest BCUT2D eigenvalue weighted by Crippen LogP contribution is 2.37. The number of carboxylic acid groups (broad SMARTS) is 1. The highest BCUT2D eigenvalue weighted by atomic mass is 19.1. The fraction of sp³-hybridized carbons (Fsp3) is 0.500. The molecule has 1 rings (SSSR count). The van der Waals surface area contributed by atoms with E-state index in [0.717, 1.165) is 0 Å². The Kier molecular flexibility index (Phi) is 4.52. The van der Waals surface area contributed by atoms with E-state index in [1.165, 1.54) is 20.1 Å². The molecule has 0 radical (unpaired) electrons. The van der Waals surface area contributed by atoms with Crippen LogP contribution in [0.3, 0.4) is 0 Å². The second-order valence-electron chi connectivity index (χ2n) is 5.34. The molecule has 0 aromatic heterocycles. The van der Waals surface area contributed by atoms with Crippen molar-refractivity contribution in [3.63, 3.8) is 0 Å². The molecule has 0 bridgehead atoms. The van der Waals surface area contributed by atoms with E-state index in [1.54, 1.807) is 0 Å². The second-order valence-corrected chi connectivity index (χ2v) is 5.34. The molecule has 0 amide bonds. The molecule has 19 heavy (non-hydrogen) atoms. The Bertz CT molecular complexity index is 489. The van der Waals surface area contributed by atoms with Crippen LogP contribution < -0.4 is 4.74 Å². The minimum Gasteiger partial charge on any atom is -0.478 e. The van der Waals surface area contributed by atoms with Gasteiger partial charge in [-0.2, -0.15) is 0 Å². The van der Waals surface area contributed by atoms with Crippen LogP contribution in [0, 0.1) is 12.7 Å². The van der Waals surface area contributed by atoms with Crippen LogP contribution in [0.15, 0.2) is 6.07 Å². The first kappa shape index (κ1) is 15.4. The predicted molar refractivity (Wildman–Crippen MR) is 69.3 cm³/mol. The predicted octanol–water partition coefficient (Wildman–Crippen LogP) is 3.11. The fourth-order valence-electron chi connectivity index (χ4n) is 1.81. The Morgan fingerprint density at radius 1 is 1.42 bits per heavy atom. The number of rotatable bonds is 4. The van der Waals surface area contributed by atoms with Crippen LogP contribution in [0.4, 0.5) is 4.39 Å². The summed E-state index contributed by atoms with van der Waals surface area (Å²) >= 11 is 0. The van der Waals surface area contributed by atoms with E-state index < -0.39 is 17.2 Å². The monoisotopic (exact) mass is 270 g/mol. The summed E-state index contributed by atoms with van der Waals surface area (Å²) in [5.41, 5.74) is -0.0272. The van der Waals surface area contributed by atoms with Crippen molar-refractivity contribution in [2.75, 3.05) is 13.9 Å². The van der Waals surface area contributed by atoms with Crippen LogP contribution in [-0.2, 0) is 10.2 Å². The van der Waals surface area contributed by atoms with E-state index in [2.05, 4.69) is 0 Å². The highest BCUT2D eigenvalue weighted by molar-refractivity contribution is 5.93. The molecule has 0 heterocycles. The average Bonchev–Trinajstić information content (AvgIpc) is 2.28. The largest absolute Gasteiger partial charge is 0.478 e. The minimum absolute atomic E-state index is 0.0617. The van der Waals surface area contributed by atoms with Gasteiger partial charge in [0.1, 0.15) is 17.1 Å². The van der Waals surface area contributed by atoms with Gasteiger partial charge in [-0.1, -0.05) is 20.8 Å². The molecular formula is C14H19FO4. The van der Waals surface area contributed by atoms with Crippen molar-refractivity contribution in [2.45, 2.75) is 33.1 Å². The van der Waals surface area contributed by atoms with Gasteiger partial charge in [0.05, 0.1) is 0 Å². The van der Waals surface area contributed by atoms with Gasteiger partial charge < -0.3 is 14.6 Å². The third-order valence-corrected chi connectivity index (χ3v) is 2.82. The molecule has 0 aliphatic heterocycles. The van der Waals surface area contributed by atoms with Crippen molar-refractivity contribution in [3.05, 3.63) is 28.6 Å². The number of hydrogen-bond donors (Lipinski definition) is 1. The van der Waals surface area contributed by atoms with Gasteiger partial charge in [-0.25, -0.2) is 9.18 Å². The molecule has 0 saturated heterocycles. The summed E-state index contributed by atoms with van der Waals surface area (Å²) in [5, 5.41) is 9.27. The minimum atomic E-state index is -1.21. The summed E-state index contributed by atoms with van der Waals surface area (Å²) in [4.78, 5) is 11.3. The highest BCUT2D eigenvalue weighted by Gasteiger charge is 2.28. The maximum absolute atomic E-state index is 13.9. The first-order valence-corrected chi connectivity index (χ1v) is 5.88. The number of ether oxygens (including phenoxy) is 2. The number of methoxy groups -OCH3 is 1. The zero-order valence-electron chi connectivity index (χ0n) is 11.8. The third-order valence-electron chi connectivity index (χ3n) is 2.82. The number of hydrogen-bond acceptors (Lipinski definition) is 3. The topological polar surface area (TPSA) is 55.8 Å². The van der Waals surface area contributed by atoms with Crippen molar-refractivity contribution in [1.82, 2.24) is 0 Å². The summed E-state index contributed by atoms with van der Waals surface area (Å²) in [6.45, 7) is 6.92. The molecule has 106 valence electrons. The van der Waals surface area contributed by atoms with Crippen LogP contribution in [0.5, 0.6) is 5.75 Å². The maximum atomic E-state index is 13.9. The lowest BCUT2D eigenvalue weighted by atomic mass is 9.84. The maximum Gasteiger partial charge on any atom is 0.339 e. The molecular weight excluding hydrogens is 251 g/mol. The molecule has 1 N–H and O–H groups in total. The Balaban J connectivity index is 3.58. The van der Waals surface area contributed by atoms with Crippen LogP contribution in [0.1, 0.15) is 42.3 Å². The standard InChI is InChI=1S/C14H19FO4/c1-8-10(15)6-9(14(2,3)4)12(19-7-18-5)11(8)13(16)17/h6H,7H2,1-5H3,(H,16,17). The molecule has 0 aliphatic carbocycles. The number of halogens is 1. The Hall–Kier alpha value is -1.62. The van der Waals surface area contributed by atoms with Gasteiger partial charge in [0.15, 0.2) is 6.79 Å². The number of benzene rings is 1. The summed E-state index contributed by atoms with van der Waals surface area (Å²) in [6, 6.07) is 1.33. The van der Waals surface area contributed by atoms with Gasteiger partial charge in [0, 0.05) is 18.2 Å². The summed E-state index contributed by atoms with van der Waals surface area (Å²) in [7, 11) is 1.44. The fourth-order valence-corrected chi connectivity index (χ4v) is 1.81. The lowest BCUT2D eigenvalue weighted by Crippen LogP contribution is -2.19.